The summed E-state index contributed by atoms with van der Waals surface area (Å²) in [6, 6.07) is 2.62. The fourth-order valence-corrected chi connectivity index (χ4v) is 3.77. The number of rotatable bonds is 2. The summed E-state index contributed by atoms with van der Waals surface area (Å²) in [5.41, 5.74) is 2.31. The third kappa shape index (κ3) is 2.02. The van der Waals surface area contributed by atoms with E-state index in [4.69, 9.17) is 0 Å². The van der Waals surface area contributed by atoms with Gasteiger partial charge in [-0.3, -0.25) is 4.79 Å². The first-order chi connectivity index (χ1) is 8.77. The molecule has 0 spiro atoms. The van der Waals surface area contributed by atoms with Crippen molar-refractivity contribution in [3.05, 3.63) is 23.5 Å². The molecule has 98 valence electrons. The lowest BCUT2D eigenvalue weighted by atomic mass is 9.84. The van der Waals surface area contributed by atoms with Gasteiger partial charge in [0.25, 0.3) is 0 Å². The van der Waals surface area contributed by atoms with E-state index in [1.54, 1.807) is 0 Å². The maximum atomic E-state index is 11.9. The minimum atomic E-state index is 0.353. The van der Waals surface area contributed by atoms with Crippen molar-refractivity contribution < 1.29 is 4.79 Å². The van der Waals surface area contributed by atoms with E-state index in [1.807, 2.05) is 0 Å². The molecule has 0 bridgehead atoms. The SMILES string of the molecule is CC(C1CCCCC1)n1ccc2c1CCCC2=O. The standard InChI is InChI=1S/C16H23NO/c1-12(13-6-3-2-4-7-13)17-11-10-14-15(17)8-5-9-16(14)18/h10-13H,2-9H2,1H3. The van der Waals surface area contributed by atoms with E-state index in [1.165, 1.54) is 37.8 Å². The molecule has 2 nitrogen and oxygen atoms in total. The van der Waals surface area contributed by atoms with Crippen molar-refractivity contribution >= 4 is 5.78 Å². The number of hydrogen-bond acceptors (Lipinski definition) is 1. The second-order valence-electron chi connectivity index (χ2n) is 6.00. The highest BCUT2D eigenvalue weighted by atomic mass is 16.1. The highest BCUT2D eigenvalue weighted by Gasteiger charge is 2.26. The number of hydrogen-bond donors (Lipinski definition) is 0. The molecule has 2 aliphatic rings. The van der Waals surface area contributed by atoms with Crippen molar-refractivity contribution in [2.24, 2.45) is 5.92 Å². The van der Waals surface area contributed by atoms with Crippen molar-refractivity contribution in [3.8, 4) is 0 Å². The minimum Gasteiger partial charge on any atom is -0.348 e. The zero-order valence-corrected chi connectivity index (χ0v) is 11.3. The summed E-state index contributed by atoms with van der Waals surface area (Å²) in [5, 5.41) is 0. The second kappa shape index (κ2) is 4.91. The van der Waals surface area contributed by atoms with Crippen molar-refractivity contribution in [2.75, 3.05) is 0 Å². The number of aromatic nitrogens is 1. The molecule has 1 aromatic heterocycles. The molecule has 1 atom stereocenters. The van der Waals surface area contributed by atoms with Crippen LogP contribution in [-0.4, -0.2) is 10.4 Å². The summed E-state index contributed by atoms with van der Waals surface area (Å²) < 4.78 is 2.41. The normalized spacial score (nSPS) is 22.8. The number of fused-ring (bicyclic) bond motifs is 1. The van der Waals surface area contributed by atoms with Gasteiger partial charge in [0.2, 0.25) is 0 Å². The maximum absolute atomic E-state index is 11.9. The van der Waals surface area contributed by atoms with Crippen LogP contribution in [-0.2, 0) is 6.42 Å². The Hall–Kier alpha value is -1.05. The molecule has 1 saturated carbocycles. The molecule has 1 fully saturated rings. The van der Waals surface area contributed by atoms with Crippen LogP contribution in [0.25, 0.3) is 0 Å². The van der Waals surface area contributed by atoms with Gasteiger partial charge in [-0.15, -0.1) is 0 Å². The molecular weight excluding hydrogens is 222 g/mol. The fraction of sp³-hybridized carbons (Fsp3) is 0.688. The highest BCUT2D eigenvalue weighted by Crippen LogP contribution is 2.35. The molecule has 1 heterocycles. The Bertz CT molecular complexity index is 440. The predicted octanol–water partition coefficient (Wildman–Crippen LogP) is 4.15. The van der Waals surface area contributed by atoms with Gasteiger partial charge in [-0.2, -0.15) is 0 Å². The Labute approximate surface area is 109 Å². The molecular formula is C16H23NO. The number of carbonyl (C=O) groups is 1. The van der Waals surface area contributed by atoms with E-state index < -0.39 is 0 Å². The first kappa shape index (κ1) is 12.0. The molecule has 18 heavy (non-hydrogen) atoms. The molecule has 0 N–H and O–H groups in total. The number of ketones is 1. The van der Waals surface area contributed by atoms with Gasteiger partial charge < -0.3 is 4.57 Å². The molecule has 2 heteroatoms. The molecule has 0 radical (unpaired) electrons. The van der Waals surface area contributed by atoms with E-state index in [9.17, 15) is 4.79 Å². The molecule has 1 unspecified atom stereocenters. The van der Waals surface area contributed by atoms with Crippen LogP contribution in [0.4, 0.5) is 0 Å². The van der Waals surface area contributed by atoms with Crippen LogP contribution in [0.5, 0.6) is 0 Å². The monoisotopic (exact) mass is 245 g/mol. The van der Waals surface area contributed by atoms with Gasteiger partial charge in [0, 0.05) is 29.9 Å². The van der Waals surface area contributed by atoms with E-state index in [0.717, 1.165) is 30.7 Å². The summed E-state index contributed by atoms with van der Waals surface area (Å²) in [5.74, 6) is 1.16. The number of Topliss-reactive ketones (excluding diaryl/α,β-unsaturated/α-hetero) is 1. The average molecular weight is 245 g/mol. The van der Waals surface area contributed by atoms with Crippen molar-refractivity contribution in [3.63, 3.8) is 0 Å². The van der Waals surface area contributed by atoms with Crippen LogP contribution in [0.15, 0.2) is 12.3 Å². The summed E-state index contributed by atoms with van der Waals surface area (Å²) in [6.07, 6.45) is 11.9. The minimum absolute atomic E-state index is 0.353. The first-order valence-electron chi connectivity index (χ1n) is 7.50. The van der Waals surface area contributed by atoms with Crippen LogP contribution >= 0.6 is 0 Å². The van der Waals surface area contributed by atoms with Crippen LogP contribution in [0.2, 0.25) is 0 Å². The van der Waals surface area contributed by atoms with Crippen molar-refractivity contribution in [1.29, 1.82) is 0 Å². The number of carbonyl (C=O) groups excluding carboxylic acids is 1. The lowest BCUT2D eigenvalue weighted by Crippen LogP contribution is -2.22. The van der Waals surface area contributed by atoms with Gasteiger partial charge >= 0.3 is 0 Å². The Kier molecular flexibility index (Phi) is 3.27. The van der Waals surface area contributed by atoms with Gasteiger partial charge in [0.1, 0.15) is 0 Å². The van der Waals surface area contributed by atoms with Gasteiger partial charge in [0.05, 0.1) is 0 Å². The topological polar surface area (TPSA) is 22.0 Å². The first-order valence-corrected chi connectivity index (χ1v) is 7.50. The van der Waals surface area contributed by atoms with Gasteiger partial charge in [-0.05, 0) is 44.6 Å². The van der Waals surface area contributed by atoms with Crippen LogP contribution in [0.3, 0.4) is 0 Å². The smallest absolute Gasteiger partial charge is 0.164 e. The summed E-state index contributed by atoms with van der Waals surface area (Å²) in [7, 11) is 0. The molecule has 0 aromatic carbocycles. The van der Waals surface area contributed by atoms with Crippen molar-refractivity contribution in [2.45, 2.75) is 64.3 Å². The molecule has 0 amide bonds. The second-order valence-corrected chi connectivity index (χ2v) is 6.00. The predicted molar refractivity (Wildman–Crippen MR) is 73.0 cm³/mol. The van der Waals surface area contributed by atoms with E-state index >= 15 is 0 Å². The van der Waals surface area contributed by atoms with Crippen LogP contribution in [0.1, 0.15) is 74.0 Å². The summed E-state index contributed by atoms with van der Waals surface area (Å²) in [4.78, 5) is 11.9. The average Bonchev–Trinajstić information content (AvgIpc) is 2.84. The Balaban J connectivity index is 1.85. The van der Waals surface area contributed by atoms with E-state index in [0.29, 0.717) is 11.8 Å². The maximum Gasteiger partial charge on any atom is 0.164 e. The molecule has 3 rings (SSSR count). The third-order valence-electron chi connectivity index (χ3n) is 4.91. The van der Waals surface area contributed by atoms with E-state index in [-0.39, 0.29) is 0 Å². The molecule has 2 aliphatic carbocycles. The highest BCUT2D eigenvalue weighted by molar-refractivity contribution is 5.98. The van der Waals surface area contributed by atoms with Crippen molar-refractivity contribution in [1.82, 2.24) is 4.57 Å². The Morgan fingerprint density at radius 3 is 2.72 bits per heavy atom. The Morgan fingerprint density at radius 2 is 1.94 bits per heavy atom. The lowest BCUT2D eigenvalue weighted by molar-refractivity contribution is 0.0971. The fourth-order valence-electron chi connectivity index (χ4n) is 3.77. The van der Waals surface area contributed by atoms with Gasteiger partial charge in [-0.25, -0.2) is 0 Å². The largest absolute Gasteiger partial charge is 0.348 e. The van der Waals surface area contributed by atoms with Gasteiger partial charge in [-0.1, -0.05) is 19.3 Å². The van der Waals surface area contributed by atoms with E-state index in [2.05, 4.69) is 23.8 Å². The zero-order chi connectivity index (χ0) is 12.5. The van der Waals surface area contributed by atoms with Gasteiger partial charge in [0.15, 0.2) is 5.78 Å². The summed E-state index contributed by atoms with van der Waals surface area (Å²) in [6.45, 7) is 2.34. The summed E-state index contributed by atoms with van der Waals surface area (Å²) >= 11 is 0. The zero-order valence-electron chi connectivity index (χ0n) is 11.3. The third-order valence-corrected chi connectivity index (χ3v) is 4.91. The Morgan fingerprint density at radius 1 is 1.17 bits per heavy atom. The van der Waals surface area contributed by atoms with Crippen LogP contribution < -0.4 is 0 Å². The molecule has 0 saturated heterocycles. The quantitative estimate of drug-likeness (QED) is 0.767. The lowest BCUT2D eigenvalue weighted by Gasteiger charge is -2.30. The molecule has 1 aromatic rings. The van der Waals surface area contributed by atoms with Crippen LogP contribution in [0, 0.1) is 5.92 Å². The molecule has 0 aliphatic heterocycles. The number of nitrogens with zero attached hydrogens (tertiary/aromatic N) is 1.